The van der Waals surface area contributed by atoms with Gasteiger partial charge in [-0.1, -0.05) is 0 Å². The molecule has 0 aromatic carbocycles. The second-order valence-electron chi connectivity index (χ2n) is 6.24. The Hall–Kier alpha value is -2.84. The highest BCUT2D eigenvalue weighted by Gasteiger charge is 2.22. The van der Waals surface area contributed by atoms with Crippen LogP contribution in [0.1, 0.15) is 34.1 Å². The highest BCUT2D eigenvalue weighted by atomic mass is 16.3. The smallest absolute Gasteiger partial charge is 0.319 e. The van der Waals surface area contributed by atoms with Crippen LogP contribution >= 0.6 is 0 Å². The zero-order valence-corrected chi connectivity index (χ0v) is 14.7. The summed E-state index contributed by atoms with van der Waals surface area (Å²) >= 11 is 0. The minimum absolute atomic E-state index is 0.00832. The zero-order chi connectivity index (χ0) is 18.0. The molecule has 134 valence electrons. The standard InChI is InChI=1S/C16H22N6O3/c1-11-14(18-10-25-11)15(23)17-8-12-7-13-9-21(16(24)20(2)3)5-4-6-22(13)19-12/h7,10H,4-6,8-9H2,1-3H3,(H,17,23). The number of nitrogens with one attached hydrogen (secondary N) is 1. The molecule has 3 amide bonds. The van der Waals surface area contributed by atoms with Gasteiger partial charge in [-0.25, -0.2) is 9.78 Å². The molecule has 0 bridgehead atoms. The molecule has 0 spiro atoms. The Balaban J connectivity index is 1.66. The highest BCUT2D eigenvalue weighted by Crippen LogP contribution is 2.15. The van der Waals surface area contributed by atoms with Crippen LogP contribution in [0.2, 0.25) is 0 Å². The second-order valence-corrected chi connectivity index (χ2v) is 6.24. The number of hydrogen-bond acceptors (Lipinski definition) is 5. The van der Waals surface area contributed by atoms with E-state index in [2.05, 4.69) is 15.4 Å². The van der Waals surface area contributed by atoms with Gasteiger partial charge in [0.05, 0.1) is 24.5 Å². The van der Waals surface area contributed by atoms with Crippen molar-refractivity contribution in [1.29, 1.82) is 0 Å². The summed E-state index contributed by atoms with van der Waals surface area (Å²) in [5, 5.41) is 7.32. The Morgan fingerprint density at radius 1 is 1.36 bits per heavy atom. The number of carbonyl (C=O) groups excluding carboxylic acids is 2. The summed E-state index contributed by atoms with van der Waals surface area (Å²) in [7, 11) is 3.49. The fourth-order valence-corrected chi connectivity index (χ4v) is 2.83. The number of rotatable bonds is 3. The molecule has 0 saturated heterocycles. The van der Waals surface area contributed by atoms with E-state index in [4.69, 9.17) is 4.42 Å². The number of fused-ring (bicyclic) bond motifs is 1. The molecule has 25 heavy (non-hydrogen) atoms. The van der Waals surface area contributed by atoms with E-state index in [1.807, 2.05) is 15.6 Å². The molecule has 0 radical (unpaired) electrons. The first-order valence-electron chi connectivity index (χ1n) is 8.16. The highest BCUT2D eigenvalue weighted by molar-refractivity contribution is 5.92. The van der Waals surface area contributed by atoms with Crippen molar-refractivity contribution in [2.75, 3.05) is 20.6 Å². The van der Waals surface area contributed by atoms with Crippen molar-refractivity contribution >= 4 is 11.9 Å². The van der Waals surface area contributed by atoms with Crippen molar-refractivity contribution in [1.82, 2.24) is 29.9 Å². The van der Waals surface area contributed by atoms with Crippen LogP contribution in [-0.4, -0.2) is 57.1 Å². The van der Waals surface area contributed by atoms with Crippen molar-refractivity contribution in [2.45, 2.75) is 33.0 Å². The van der Waals surface area contributed by atoms with Crippen LogP contribution in [0.4, 0.5) is 4.79 Å². The van der Waals surface area contributed by atoms with Gasteiger partial charge in [0.1, 0.15) is 5.76 Å². The molecule has 1 aliphatic heterocycles. The van der Waals surface area contributed by atoms with Crippen molar-refractivity contribution in [3.05, 3.63) is 35.3 Å². The summed E-state index contributed by atoms with van der Waals surface area (Å²) in [6.07, 6.45) is 2.09. The van der Waals surface area contributed by atoms with E-state index in [1.54, 1.807) is 25.9 Å². The minimum atomic E-state index is -0.293. The van der Waals surface area contributed by atoms with E-state index in [0.717, 1.165) is 24.4 Å². The number of hydrogen-bond donors (Lipinski definition) is 1. The van der Waals surface area contributed by atoms with Crippen molar-refractivity contribution in [2.24, 2.45) is 0 Å². The van der Waals surface area contributed by atoms with Crippen molar-refractivity contribution in [3.63, 3.8) is 0 Å². The molecule has 9 heteroatoms. The minimum Gasteiger partial charge on any atom is -0.448 e. The van der Waals surface area contributed by atoms with Crippen LogP contribution in [0.5, 0.6) is 0 Å². The van der Waals surface area contributed by atoms with Crippen LogP contribution in [0, 0.1) is 6.92 Å². The molecule has 9 nitrogen and oxygen atoms in total. The molecule has 0 unspecified atom stereocenters. The summed E-state index contributed by atoms with van der Waals surface area (Å²) in [5.74, 6) is 0.190. The van der Waals surface area contributed by atoms with Gasteiger partial charge in [0.15, 0.2) is 12.1 Å². The Bertz CT molecular complexity index is 779. The van der Waals surface area contributed by atoms with E-state index in [-0.39, 0.29) is 17.6 Å². The van der Waals surface area contributed by atoms with Crippen LogP contribution in [0.25, 0.3) is 0 Å². The van der Waals surface area contributed by atoms with Gasteiger partial charge in [-0.3, -0.25) is 9.48 Å². The van der Waals surface area contributed by atoms with E-state index >= 15 is 0 Å². The normalized spacial score (nSPS) is 14.0. The predicted octanol–water partition coefficient (Wildman–Crippen LogP) is 0.997. The number of urea groups is 1. The number of amides is 3. The topological polar surface area (TPSA) is 96.5 Å². The Kier molecular flexibility index (Phi) is 4.73. The number of oxazole rings is 1. The average molecular weight is 346 g/mol. The maximum absolute atomic E-state index is 12.2. The maximum Gasteiger partial charge on any atom is 0.319 e. The van der Waals surface area contributed by atoms with Crippen LogP contribution in [0.3, 0.4) is 0 Å². The van der Waals surface area contributed by atoms with Gasteiger partial charge in [-0.05, 0) is 19.4 Å². The number of carbonyl (C=O) groups is 2. The second kappa shape index (κ2) is 6.96. The molecule has 3 heterocycles. The average Bonchev–Trinajstić information content (AvgIpc) is 3.12. The summed E-state index contributed by atoms with van der Waals surface area (Å²) in [6.45, 7) is 3.96. The van der Waals surface area contributed by atoms with Crippen molar-refractivity contribution < 1.29 is 14.0 Å². The third-order valence-corrected chi connectivity index (χ3v) is 4.11. The van der Waals surface area contributed by atoms with E-state index in [1.165, 1.54) is 6.39 Å². The van der Waals surface area contributed by atoms with Crippen molar-refractivity contribution in [3.8, 4) is 0 Å². The summed E-state index contributed by atoms with van der Waals surface area (Å²) in [4.78, 5) is 31.6. The van der Waals surface area contributed by atoms with Crippen LogP contribution in [-0.2, 0) is 19.6 Å². The van der Waals surface area contributed by atoms with E-state index < -0.39 is 0 Å². The zero-order valence-electron chi connectivity index (χ0n) is 14.7. The van der Waals surface area contributed by atoms with Gasteiger partial charge >= 0.3 is 6.03 Å². The van der Waals surface area contributed by atoms with Gasteiger partial charge in [0.25, 0.3) is 5.91 Å². The largest absolute Gasteiger partial charge is 0.448 e. The Morgan fingerprint density at radius 3 is 2.84 bits per heavy atom. The molecular weight excluding hydrogens is 324 g/mol. The summed E-state index contributed by atoms with van der Waals surface area (Å²) in [5.41, 5.74) is 2.00. The lowest BCUT2D eigenvalue weighted by atomic mass is 10.3. The van der Waals surface area contributed by atoms with Gasteiger partial charge in [-0.2, -0.15) is 5.10 Å². The summed E-state index contributed by atoms with van der Waals surface area (Å²) < 4.78 is 6.95. The van der Waals surface area contributed by atoms with Gasteiger partial charge < -0.3 is 19.5 Å². The Morgan fingerprint density at radius 2 is 2.16 bits per heavy atom. The van der Waals surface area contributed by atoms with E-state index in [0.29, 0.717) is 25.4 Å². The number of nitrogens with zero attached hydrogens (tertiary/aromatic N) is 5. The molecule has 1 aliphatic rings. The molecule has 3 rings (SSSR count). The van der Waals surface area contributed by atoms with Gasteiger partial charge in [-0.15, -0.1) is 0 Å². The van der Waals surface area contributed by atoms with Crippen LogP contribution in [0.15, 0.2) is 16.9 Å². The van der Waals surface area contributed by atoms with Gasteiger partial charge in [0, 0.05) is 27.2 Å². The first-order valence-corrected chi connectivity index (χ1v) is 8.16. The molecule has 0 fully saturated rings. The van der Waals surface area contributed by atoms with Crippen LogP contribution < -0.4 is 5.32 Å². The van der Waals surface area contributed by atoms with E-state index in [9.17, 15) is 9.59 Å². The molecule has 0 saturated carbocycles. The Labute approximate surface area is 145 Å². The molecule has 0 aliphatic carbocycles. The maximum atomic E-state index is 12.2. The lowest BCUT2D eigenvalue weighted by Gasteiger charge is -2.23. The third-order valence-electron chi connectivity index (χ3n) is 4.11. The van der Waals surface area contributed by atoms with Gasteiger partial charge in [0.2, 0.25) is 0 Å². The SMILES string of the molecule is Cc1ocnc1C(=O)NCc1cc2n(n1)CCCN(C(=O)N(C)C)C2. The number of aryl methyl sites for hydroxylation is 2. The lowest BCUT2D eigenvalue weighted by Crippen LogP contribution is -2.38. The third kappa shape index (κ3) is 3.65. The molecule has 0 atom stereocenters. The molecule has 2 aromatic heterocycles. The monoisotopic (exact) mass is 346 g/mol. The first-order chi connectivity index (χ1) is 12.0. The summed E-state index contributed by atoms with van der Waals surface area (Å²) in [6, 6.07) is 1.92. The molecular formula is C16H22N6O3. The fourth-order valence-electron chi connectivity index (χ4n) is 2.83. The first kappa shape index (κ1) is 17.0. The lowest BCUT2D eigenvalue weighted by molar-refractivity contribution is 0.0944. The predicted molar refractivity (Wildman–Crippen MR) is 88.7 cm³/mol. The quantitative estimate of drug-likeness (QED) is 0.894. The fraction of sp³-hybridized carbons (Fsp3) is 0.500. The molecule has 2 aromatic rings. The number of aromatic nitrogens is 3. The molecule has 1 N–H and O–H groups in total.